The van der Waals surface area contributed by atoms with Gasteiger partial charge in [-0.15, -0.1) is 11.3 Å². The molecule has 0 N–H and O–H groups in total. The zero-order valence-electron chi connectivity index (χ0n) is 27.6. The van der Waals surface area contributed by atoms with Gasteiger partial charge in [-0.2, -0.15) is 0 Å². The minimum atomic E-state index is -0.0656. The fourth-order valence-corrected chi connectivity index (χ4v) is 10.5. The minimum Gasteiger partial charge on any atom is -0.309 e. The van der Waals surface area contributed by atoms with Gasteiger partial charge in [-0.1, -0.05) is 141 Å². The van der Waals surface area contributed by atoms with Crippen molar-refractivity contribution in [2.24, 2.45) is 0 Å². The fraction of sp³-hybridized carbons (Fsp3) is 0.156. The maximum Gasteiger partial charge on any atom is 0.247 e. The van der Waals surface area contributed by atoms with E-state index < -0.39 is 0 Å². The van der Waals surface area contributed by atoms with Gasteiger partial charge in [0.05, 0.1) is 15.7 Å². The molecular weight excluding hydrogens is 597 g/mol. The topological polar surface area (TPSA) is 4.93 Å². The SMILES string of the molecule is Cc1cc2c3c(c1)C(C)(C)c1ccccc1B3c1cccc3c4sc5cc(CCC(c6ccccc6)c6ccccc6)ccc5c4n-2c13. The van der Waals surface area contributed by atoms with Gasteiger partial charge in [0, 0.05) is 32.5 Å². The van der Waals surface area contributed by atoms with Crippen molar-refractivity contribution in [3.8, 4) is 5.69 Å². The Bertz CT molecular complexity index is 2510. The molecule has 3 heteroatoms. The Morgan fingerprint density at radius 2 is 1.38 bits per heavy atom. The molecule has 8 aromatic rings. The standard InChI is InChI=1S/C45H36BNS/c1-28-25-36-41-39(26-28)47-42-34(17-12-20-38(42)46(41)37-19-11-10-18-35(37)45(36,2)3)44-43(47)33-24-22-29(27-40(33)48-44)21-23-32(30-13-6-4-7-14-30)31-15-8-5-9-16-31/h4-20,22,24-27,32H,21,23H2,1-3H3. The average molecular weight is 634 g/mol. The van der Waals surface area contributed by atoms with Gasteiger partial charge >= 0.3 is 0 Å². The van der Waals surface area contributed by atoms with Crippen molar-refractivity contribution in [1.82, 2.24) is 4.57 Å². The van der Waals surface area contributed by atoms with Gasteiger partial charge in [0.2, 0.25) is 6.71 Å². The van der Waals surface area contributed by atoms with Crippen LogP contribution in [0, 0.1) is 6.92 Å². The number of benzene rings is 6. The van der Waals surface area contributed by atoms with Crippen LogP contribution in [0.4, 0.5) is 0 Å². The summed E-state index contributed by atoms with van der Waals surface area (Å²) in [6, 6.07) is 50.5. The Morgan fingerprint density at radius 3 is 2.15 bits per heavy atom. The molecule has 230 valence electrons. The molecule has 10 rings (SSSR count). The number of aryl methyl sites for hydroxylation is 2. The largest absolute Gasteiger partial charge is 0.309 e. The molecule has 48 heavy (non-hydrogen) atoms. The molecule has 0 spiro atoms. The molecule has 0 aliphatic carbocycles. The first-order valence-corrected chi connectivity index (χ1v) is 18.1. The van der Waals surface area contributed by atoms with E-state index in [0.29, 0.717) is 5.92 Å². The second-order valence-corrected chi connectivity index (χ2v) is 15.5. The summed E-state index contributed by atoms with van der Waals surface area (Å²) in [7, 11) is 0. The quantitative estimate of drug-likeness (QED) is 0.166. The lowest BCUT2D eigenvalue weighted by atomic mass is 9.30. The van der Waals surface area contributed by atoms with Crippen molar-refractivity contribution < 1.29 is 0 Å². The van der Waals surface area contributed by atoms with Crippen LogP contribution in [0.1, 0.15) is 59.6 Å². The number of hydrogen-bond acceptors (Lipinski definition) is 1. The van der Waals surface area contributed by atoms with E-state index in [1.165, 1.54) is 86.7 Å². The van der Waals surface area contributed by atoms with Crippen LogP contribution in [0.15, 0.2) is 133 Å². The van der Waals surface area contributed by atoms with Gasteiger partial charge in [0.15, 0.2) is 0 Å². The van der Waals surface area contributed by atoms with E-state index in [2.05, 4.69) is 159 Å². The predicted molar refractivity (Wildman–Crippen MR) is 207 cm³/mol. The summed E-state index contributed by atoms with van der Waals surface area (Å²) in [6.45, 7) is 7.36. The van der Waals surface area contributed by atoms with E-state index in [9.17, 15) is 0 Å². The highest BCUT2D eigenvalue weighted by atomic mass is 32.1. The molecule has 0 atom stereocenters. The van der Waals surface area contributed by atoms with E-state index >= 15 is 0 Å². The Labute approximate surface area is 286 Å². The summed E-state index contributed by atoms with van der Waals surface area (Å²) in [4.78, 5) is 0. The first-order chi connectivity index (χ1) is 23.5. The minimum absolute atomic E-state index is 0.0656. The van der Waals surface area contributed by atoms with Crippen molar-refractivity contribution in [3.05, 3.63) is 167 Å². The fourth-order valence-electron chi connectivity index (χ4n) is 9.20. The molecule has 2 aliphatic rings. The van der Waals surface area contributed by atoms with E-state index in [-0.39, 0.29) is 12.1 Å². The van der Waals surface area contributed by atoms with Crippen LogP contribution < -0.4 is 16.4 Å². The third-order valence-corrected chi connectivity index (χ3v) is 12.5. The van der Waals surface area contributed by atoms with Crippen LogP contribution >= 0.6 is 11.3 Å². The van der Waals surface area contributed by atoms with Crippen LogP contribution in [-0.2, 0) is 11.8 Å². The molecule has 0 bridgehead atoms. The molecular formula is C45H36BNS. The third kappa shape index (κ3) is 3.91. The van der Waals surface area contributed by atoms with Crippen molar-refractivity contribution >= 4 is 65.6 Å². The summed E-state index contributed by atoms with van der Waals surface area (Å²) in [5.74, 6) is 0.380. The normalized spacial score (nSPS) is 14.2. The lowest BCUT2D eigenvalue weighted by Gasteiger charge is -2.42. The van der Waals surface area contributed by atoms with Crippen LogP contribution in [0.25, 0.3) is 36.9 Å². The van der Waals surface area contributed by atoms with Gasteiger partial charge in [0.25, 0.3) is 0 Å². The molecule has 0 unspecified atom stereocenters. The highest BCUT2D eigenvalue weighted by molar-refractivity contribution is 7.26. The number of rotatable bonds is 5. The molecule has 0 amide bonds. The summed E-state index contributed by atoms with van der Waals surface area (Å²) >= 11 is 1.98. The molecule has 6 aromatic carbocycles. The lowest BCUT2D eigenvalue weighted by Crippen LogP contribution is -2.63. The summed E-state index contributed by atoms with van der Waals surface area (Å²) in [5.41, 5.74) is 16.9. The molecule has 2 aromatic heterocycles. The second-order valence-electron chi connectivity index (χ2n) is 14.5. The number of aromatic nitrogens is 1. The first kappa shape index (κ1) is 28.2. The molecule has 2 aliphatic heterocycles. The van der Waals surface area contributed by atoms with Crippen molar-refractivity contribution in [2.75, 3.05) is 0 Å². The van der Waals surface area contributed by atoms with Crippen molar-refractivity contribution in [2.45, 2.75) is 44.9 Å². The maximum absolute atomic E-state index is 2.64. The van der Waals surface area contributed by atoms with E-state index in [4.69, 9.17) is 0 Å². The monoisotopic (exact) mass is 633 g/mol. The van der Waals surface area contributed by atoms with E-state index in [0.717, 1.165) is 12.8 Å². The van der Waals surface area contributed by atoms with E-state index in [1.54, 1.807) is 0 Å². The second kappa shape index (κ2) is 10.3. The molecule has 4 heterocycles. The number of nitrogens with zero attached hydrogens (tertiary/aromatic N) is 1. The Morgan fingerprint density at radius 1 is 0.667 bits per heavy atom. The highest BCUT2D eigenvalue weighted by Crippen LogP contribution is 2.45. The van der Waals surface area contributed by atoms with Crippen LogP contribution in [0.3, 0.4) is 0 Å². The van der Waals surface area contributed by atoms with Gasteiger partial charge in [-0.3, -0.25) is 0 Å². The number of hydrogen-bond donors (Lipinski definition) is 0. The van der Waals surface area contributed by atoms with Crippen LogP contribution in [-0.4, -0.2) is 11.3 Å². The molecule has 0 saturated carbocycles. The summed E-state index contributed by atoms with van der Waals surface area (Å²) < 4.78 is 5.44. The number of fused-ring (bicyclic) bond motifs is 9. The third-order valence-electron chi connectivity index (χ3n) is 11.4. The lowest BCUT2D eigenvalue weighted by molar-refractivity contribution is 0.645. The van der Waals surface area contributed by atoms with Gasteiger partial charge in [-0.05, 0) is 76.2 Å². The number of thiophene rings is 1. The van der Waals surface area contributed by atoms with Gasteiger partial charge in [-0.25, -0.2) is 0 Å². The average Bonchev–Trinajstić information content (AvgIpc) is 3.64. The van der Waals surface area contributed by atoms with Gasteiger partial charge in [0.1, 0.15) is 0 Å². The zero-order chi connectivity index (χ0) is 32.1. The van der Waals surface area contributed by atoms with Gasteiger partial charge < -0.3 is 4.57 Å². The van der Waals surface area contributed by atoms with Crippen molar-refractivity contribution in [3.63, 3.8) is 0 Å². The van der Waals surface area contributed by atoms with Crippen LogP contribution in [0.2, 0.25) is 0 Å². The van der Waals surface area contributed by atoms with Crippen molar-refractivity contribution in [1.29, 1.82) is 0 Å². The van der Waals surface area contributed by atoms with Crippen LogP contribution in [0.5, 0.6) is 0 Å². The smallest absolute Gasteiger partial charge is 0.247 e. The highest BCUT2D eigenvalue weighted by Gasteiger charge is 2.45. The molecule has 0 fully saturated rings. The molecule has 1 nitrogen and oxygen atoms in total. The summed E-state index contributed by atoms with van der Waals surface area (Å²) in [6.07, 6.45) is 2.12. The zero-order valence-corrected chi connectivity index (χ0v) is 28.4. The maximum atomic E-state index is 2.64. The predicted octanol–water partition coefficient (Wildman–Crippen LogP) is 9.54. The first-order valence-electron chi connectivity index (χ1n) is 17.3. The molecule has 0 radical (unpaired) electrons. The number of para-hydroxylation sites is 1. The Kier molecular flexibility index (Phi) is 6.06. The Balaban J connectivity index is 1.14. The summed E-state index contributed by atoms with van der Waals surface area (Å²) in [5, 5.41) is 2.75. The molecule has 0 saturated heterocycles. The van der Waals surface area contributed by atoms with E-state index in [1.807, 2.05) is 11.3 Å². The Hall–Kier alpha value is -4.86.